The fourth-order valence-electron chi connectivity index (χ4n) is 6.23. The van der Waals surface area contributed by atoms with Crippen molar-refractivity contribution in [3.63, 3.8) is 0 Å². The molecule has 9 heteroatoms. The fraction of sp³-hybridized carbons (Fsp3) is 0.860. The van der Waals surface area contributed by atoms with E-state index >= 15 is 0 Å². The topological polar surface area (TPSA) is 119 Å². The molecule has 0 bridgehead atoms. The lowest BCUT2D eigenvalue weighted by Gasteiger charge is -2.18. The second kappa shape index (κ2) is 39.2. The molecule has 0 aliphatic rings. The molecule has 0 fully saturated rings. The van der Waals surface area contributed by atoms with E-state index in [0.717, 1.165) is 57.8 Å². The zero-order valence-electron chi connectivity index (χ0n) is 33.7. The van der Waals surface area contributed by atoms with Crippen LogP contribution in [0.15, 0.2) is 24.3 Å². The van der Waals surface area contributed by atoms with E-state index in [1.807, 2.05) is 0 Å². The zero-order chi connectivity index (χ0) is 38.2. The second-order valence-electron chi connectivity index (χ2n) is 14.7. The summed E-state index contributed by atoms with van der Waals surface area (Å²) in [7, 11) is -4.75. The Hall–Kier alpha value is -1.47. The summed E-state index contributed by atoms with van der Waals surface area (Å²) in [6.07, 6.45) is 44.7. The normalized spacial score (nSPS) is 12.6. The number of esters is 2. The Balaban J connectivity index is 3.87. The van der Waals surface area contributed by atoms with Crippen molar-refractivity contribution < 1.29 is 37.9 Å². The first-order valence-corrected chi connectivity index (χ1v) is 23.2. The van der Waals surface area contributed by atoms with E-state index in [-0.39, 0.29) is 19.4 Å². The lowest BCUT2D eigenvalue weighted by molar-refractivity contribution is -0.161. The Kier molecular flexibility index (Phi) is 38.1. The van der Waals surface area contributed by atoms with Crippen LogP contribution in [0.25, 0.3) is 0 Å². The predicted molar refractivity (Wildman–Crippen MR) is 216 cm³/mol. The number of hydrogen-bond acceptors (Lipinski definition) is 6. The smallest absolute Gasteiger partial charge is 0.462 e. The molecule has 0 rings (SSSR count). The van der Waals surface area contributed by atoms with Gasteiger partial charge >= 0.3 is 19.8 Å². The predicted octanol–water partition coefficient (Wildman–Crippen LogP) is 13.2. The van der Waals surface area contributed by atoms with E-state index in [9.17, 15) is 14.2 Å². The number of phosphoric ester groups is 1. The Bertz CT molecular complexity index is 900. The highest BCUT2D eigenvalue weighted by atomic mass is 31.2. The molecule has 0 aliphatic heterocycles. The molecule has 0 aliphatic carbocycles. The highest BCUT2D eigenvalue weighted by Gasteiger charge is 2.22. The van der Waals surface area contributed by atoms with E-state index in [0.29, 0.717) is 6.42 Å². The first kappa shape index (κ1) is 50.5. The molecule has 0 aromatic carbocycles. The molecule has 0 spiro atoms. The molecule has 0 aromatic heterocycles. The molecular weight excluding hydrogens is 675 g/mol. The number of phosphoric acid groups is 1. The van der Waals surface area contributed by atoms with E-state index in [4.69, 9.17) is 19.3 Å². The minimum atomic E-state index is -4.75. The van der Waals surface area contributed by atoms with Gasteiger partial charge < -0.3 is 19.3 Å². The van der Waals surface area contributed by atoms with Gasteiger partial charge in [-0.05, 0) is 44.9 Å². The number of hydrogen-bond donors (Lipinski definition) is 2. The van der Waals surface area contributed by atoms with Gasteiger partial charge in [-0.1, -0.05) is 186 Å². The number of unbranched alkanes of at least 4 members (excludes halogenated alkanes) is 26. The molecule has 2 N–H and O–H groups in total. The van der Waals surface area contributed by atoms with Crippen LogP contribution in [0.2, 0.25) is 0 Å². The van der Waals surface area contributed by atoms with Crippen molar-refractivity contribution in [3.05, 3.63) is 24.3 Å². The van der Waals surface area contributed by atoms with Gasteiger partial charge in [0.2, 0.25) is 0 Å². The summed E-state index contributed by atoms with van der Waals surface area (Å²) in [5.41, 5.74) is 0. The van der Waals surface area contributed by atoms with Gasteiger partial charge in [-0.25, -0.2) is 4.57 Å². The molecular formula is C43H81O8P. The van der Waals surface area contributed by atoms with Gasteiger partial charge in [0.15, 0.2) is 6.10 Å². The zero-order valence-corrected chi connectivity index (χ0v) is 34.6. The van der Waals surface area contributed by atoms with Crippen LogP contribution in [0.4, 0.5) is 0 Å². The molecule has 52 heavy (non-hydrogen) atoms. The van der Waals surface area contributed by atoms with Gasteiger partial charge in [-0.3, -0.25) is 14.1 Å². The number of ether oxygens (including phenoxy) is 2. The van der Waals surface area contributed by atoms with Crippen molar-refractivity contribution in [2.45, 2.75) is 225 Å². The highest BCUT2D eigenvalue weighted by Crippen LogP contribution is 2.36. The molecule has 0 radical (unpaired) electrons. The molecule has 306 valence electrons. The molecule has 8 nitrogen and oxygen atoms in total. The quantitative estimate of drug-likeness (QED) is 0.0274. The number of rotatable bonds is 40. The third-order valence-corrected chi connectivity index (χ3v) is 9.96. The average Bonchev–Trinajstić information content (AvgIpc) is 3.11. The van der Waals surface area contributed by atoms with Crippen LogP contribution in [0, 0.1) is 0 Å². The second-order valence-corrected chi connectivity index (χ2v) is 15.9. The van der Waals surface area contributed by atoms with Crippen molar-refractivity contribution >= 4 is 19.8 Å². The standard InChI is InChI=1S/C43H81O8P/c1-3-5-7-9-11-13-15-17-19-20-21-22-24-25-27-29-31-33-35-37-42(44)49-39-41(40-50-52(46,47)48)51-43(45)38-36-34-32-30-28-26-23-18-16-14-12-10-8-6-4-2/h12,14,18,23,41H,3-11,13,15-17,19-22,24-40H2,1-2H3,(H2,46,47,48)/b14-12+,23-18+/t41-/m1/s1. The van der Waals surface area contributed by atoms with E-state index in [1.165, 1.54) is 128 Å². The maximum Gasteiger partial charge on any atom is 0.469 e. The molecule has 0 saturated heterocycles. The van der Waals surface area contributed by atoms with Crippen molar-refractivity contribution in [3.8, 4) is 0 Å². The maximum absolute atomic E-state index is 12.4. The van der Waals surface area contributed by atoms with E-state index < -0.39 is 32.5 Å². The van der Waals surface area contributed by atoms with Crippen LogP contribution in [-0.4, -0.2) is 41.0 Å². The van der Waals surface area contributed by atoms with Crippen LogP contribution >= 0.6 is 7.82 Å². The largest absolute Gasteiger partial charge is 0.469 e. The highest BCUT2D eigenvalue weighted by molar-refractivity contribution is 7.46. The van der Waals surface area contributed by atoms with E-state index in [2.05, 4.69) is 42.7 Å². The van der Waals surface area contributed by atoms with Crippen molar-refractivity contribution in [1.82, 2.24) is 0 Å². The summed E-state index contributed by atoms with van der Waals surface area (Å²) in [5, 5.41) is 0. The van der Waals surface area contributed by atoms with Crippen molar-refractivity contribution in [2.24, 2.45) is 0 Å². The van der Waals surface area contributed by atoms with Crippen LogP contribution in [0.3, 0.4) is 0 Å². The van der Waals surface area contributed by atoms with Gasteiger partial charge in [-0.15, -0.1) is 0 Å². The first-order valence-electron chi connectivity index (χ1n) is 21.6. The molecule has 0 saturated carbocycles. The maximum atomic E-state index is 12.4. The van der Waals surface area contributed by atoms with E-state index in [1.54, 1.807) is 0 Å². The summed E-state index contributed by atoms with van der Waals surface area (Å²) in [6.45, 7) is 3.67. The lowest BCUT2D eigenvalue weighted by atomic mass is 10.0. The third-order valence-electron chi connectivity index (χ3n) is 9.47. The molecule has 0 amide bonds. The summed E-state index contributed by atoms with van der Waals surface area (Å²) in [6, 6.07) is 0. The lowest BCUT2D eigenvalue weighted by Crippen LogP contribution is -2.29. The molecule has 1 atom stereocenters. The third kappa shape index (κ3) is 41.3. The Morgan fingerprint density at radius 2 is 0.865 bits per heavy atom. The molecule has 0 aromatic rings. The van der Waals surface area contributed by atoms with Gasteiger partial charge in [0.1, 0.15) is 6.61 Å². The Labute approximate surface area is 319 Å². The van der Waals surface area contributed by atoms with Gasteiger partial charge in [0.05, 0.1) is 6.61 Å². The summed E-state index contributed by atoms with van der Waals surface area (Å²) >= 11 is 0. The summed E-state index contributed by atoms with van der Waals surface area (Å²) < 4.78 is 26.4. The van der Waals surface area contributed by atoms with Gasteiger partial charge in [0.25, 0.3) is 0 Å². The Morgan fingerprint density at radius 1 is 0.500 bits per heavy atom. The van der Waals surface area contributed by atoms with Crippen molar-refractivity contribution in [1.29, 1.82) is 0 Å². The molecule has 0 unspecified atom stereocenters. The Morgan fingerprint density at radius 3 is 1.31 bits per heavy atom. The van der Waals surface area contributed by atoms with Crippen molar-refractivity contribution in [2.75, 3.05) is 13.2 Å². The number of allylic oxidation sites excluding steroid dienone is 4. The summed E-state index contributed by atoms with van der Waals surface area (Å²) in [4.78, 5) is 42.9. The number of carbonyl (C=O) groups excluding carboxylic acids is 2. The SMILES string of the molecule is CCCCC/C=C/C/C=C/CCCCCCCC(=O)O[C@H](COC(=O)CCCCCCCCCCCCCCCCCCCCC)COP(=O)(O)O. The van der Waals surface area contributed by atoms with Gasteiger partial charge in [-0.2, -0.15) is 0 Å². The monoisotopic (exact) mass is 757 g/mol. The van der Waals surface area contributed by atoms with Crippen LogP contribution in [-0.2, 0) is 28.2 Å². The van der Waals surface area contributed by atoms with Crippen LogP contribution in [0.1, 0.15) is 219 Å². The number of carbonyl (C=O) groups is 2. The summed E-state index contributed by atoms with van der Waals surface area (Å²) in [5.74, 6) is -0.891. The minimum absolute atomic E-state index is 0.199. The van der Waals surface area contributed by atoms with Crippen LogP contribution in [0.5, 0.6) is 0 Å². The molecule has 0 heterocycles. The van der Waals surface area contributed by atoms with Crippen LogP contribution < -0.4 is 0 Å². The fourth-order valence-corrected chi connectivity index (χ4v) is 6.59. The minimum Gasteiger partial charge on any atom is -0.462 e. The first-order chi connectivity index (χ1) is 25.3. The average molecular weight is 757 g/mol. The van der Waals surface area contributed by atoms with Gasteiger partial charge in [0, 0.05) is 12.8 Å².